The normalized spacial score (nSPS) is 10.5. The number of amides is 1. The van der Waals surface area contributed by atoms with Gasteiger partial charge in [0, 0.05) is 4.88 Å². The quantitative estimate of drug-likeness (QED) is 0.941. The van der Waals surface area contributed by atoms with E-state index in [-0.39, 0.29) is 11.7 Å². The van der Waals surface area contributed by atoms with Crippen molar-refractivity contribution in [3.05, 3.63) is 33.1 Å². The van der Waals surface area contributed by atoms with Gasteiger partial charge in [-0.05, 0) is 41.4 Å². The first-order valence-electron chi connectivity index (χ1n) is 5.13. The lowest BCUT2D eigenvalue weighted by atomic mass is 10.3. The topological polar surface area (TPSA) is 55.1 Å². The molecule has 17 heavy (non-hydrogen) atoms. The van der Waals surface area contributed by atoms with Gasteiger partial charge in [0.25, 0.3) is 5.91 Å². The van der Waals surface area contributed by atoms with Crippen LogP contribution in [0.25, 0.3) is 0 Å². The predicted molar refractivity (Wildman–Crippen MR) is 70.6 cm³/mol. The first-order valence-corrected chi connectivity index (χ1v) is 6.74. The van der Waals surface area contributed by atoms with Crippen molar-refractivity contribution in [3.63, 3.8) is 0 Å². The second-order valence-electron chi connectivity index (χ2n) is 3.43. The maximum Gasteiger partial charge on any atom is 0.293 e. The summed E-state index contributed by atoms with van der Waals surface area (Å²) in [5.41, 5.74) is 1.02. The molecule has 2 aromatic rings. The van der Waals surface area contributed by atoms with Crippen molar-refractivity contribution in [1.82, 2.24) is 4.98 Å². The molecule has 0 bridgehead atoms. The monoisotopic (exact) mass is 314 g/mol. The number of furan rings is 1. The first kappa shape index (κ1) is 12.3. The summed E-state index contributed by atoms with van der Waals surface area (Å²) in [7, 11) is 0. The second-order valence-corrected chi connectivity index (χ2v) is 5.42. The van der Waals surface area contributed by atoms with Crippen LogP contribution >= 0.6 is 27.3 Å². The largest absolute Gasteiger partial charge is 0.444 e. The summed E-state index contributed by atoms with van der Waals surface area (Å²) in [6.45, 7) is 4.03. The van der Waals surface area contributed by atoms with Crippen LogP contribution in [0, 0.1) is 6.92 Å². The van der Waals surface area contributed by atoms with E-state index in [4.69, 9.17) is 4.42 Å². The summed E-state index contributed by atoms with van der Waals surface area (Å²) in [6, 6.07) is 3.29. The Kier molecular flexibility index (Phi) is 3.63. The van der Waals surface area contributed by atoms with E-state index in [1.165, 1.54) is 11.3 Å². The molecular formula is C11H11BrN2O2S. The number of carbonyl (C=O) groups is 1. The molecule has 0 aliphatic rings. The molecule has 4 nitrogen and oxygen atoms in total. The number of nitrogens with zero attached hydrogens (tertiary/aromatic N) is 1. The molecule has 0 saturated heterocycles. The Morgan fingerprint density at radius 2 is 2.35 bits per heavy atom. The van der Waals surface area contributed by atoms with Crippen LogP contribution < -0.4 is 5.32 Å². The first-order chi connectivity index (χ1) is 8.10. The fourth-order valence-electron chi connectivity index (χ4n) is 1.40. The van der Waals surface area contributed by atoms with E-state index < -0.39 is 0 Å². The Morgan fingerprint density at radius 3 is 2.88 bits per heavy atom. The van der Waals surface area contributed by atoms with Crippen LogP contribution in [0.3, 0.4) is 0 Å². The molecule has 2 aromatic heterocycles. The van der Waals surface area contributed by atoms with Crippen molar-refractivity contribution in [1.29, 1.82) is 0 Å². The van der Waals surface area contributed by atoms with Gasteiger partial charge in [0.2, 0.25) is 0 Å². The van der Waals surface area contributed by atoms with E-state index >= 15 is 0 Å². The summed E-state index contributed by atoms with van der Waals surface area (Å²) >= 11 is 4.63. The van der Waals surface area contributed by atoms with Crippen molar-refractivity contribution in [2.45, 2.75) is 20.3 Å². The molecule has 1 amide bonds. The van der Waals surface area contributed by atoms with Gasteiger partial charge in [-0.15, -0.1) is 11.3 Å². The Bertz CT molecular complexity index is 547. The predicted octanol–water partition coefficient (Wildman–Crippen LogP) is 3.62. The van der Waals surface area contributed by atoms with Crippen LogP contribution in [0.2, 0.25) is 0 Å². The number of hydrogen-bond donors (Lipinski definition) is 1. The Morgan fingerprint density at radius 1 is 1.59 bits per heavy atom. The van der Waals surface area contributed by atoms with Crippen molar-refractivity contribution in [2.75, 3.05) is 5.32 Å². The van der Waals surface area contributed by atoms with E-state index in [0.717, 1.165) is 17.0 Å². The zero-order chi connectivity index (χ0) is 12.4. The van der Waals surface area contributed by atoms with Crippen LogP contribution in [0.15, 0.2) is 21.2 Å². The van der Waals surface area contributed by atoms with Gasteiger partial charge < -0.3 is 4.42 Å². The minimum Gasteiger partial charge on any atom is -0.444 e. The maximum atomic E-state index is 11.8. The van der Waals surface area contributed by atoms with Gasteiger partial charge in [-0.2, -0.15) is 0 Å². The molecule has 0 atom stereocenters. The lowest BCUT2D eigenvalue weighted by Crippen LogP contribution is -2.10. The third-order valence-electron chi connectivity index (χ3n) is 2.25. The van der Waals surface area contributed by atoms with E-state index in [9.17, 15) is 4.79 Å². The number of aryl methyl sites for hydroxylation is 2. The van der Waals surface area contributed by atoms with Crippen molar-refractivity contribution in [3.8, 4) is 0 Å². The molecule has 0 unspecified atom stereocenters. The number of nitrogens with one attached hydrogen (secondary N) is 1. The van der Waals surface area contributed by atoms with Gasteiger partial charge in [0.05, 0.1) is 5.69 Å². The number of carbonyl (C=O) groups excluding carboxylic acids is 1. The summed E-state index contributed by atoms with van der Waals surface area (Å²) in [5, 5.41) is 3.33. The van der Waals surface area contributed by atoms with Gasteiger partial charge in [-0.25, -0.2) is 4.98 Å². The maximum absolute atomic E-state index is 11.8. The molecule has 0 spiro atoms. The smallest absolute Gasteiger partial charge is 0.293 e. The number of aromatic nitrogens is 1. The molecular weight excluding hydrogens is 304 g/mol. The number of halogens is 1. The standard InChI is InChI=1S/C11H11BrN2O2S/c1-3-7-6(2)17-11(13-7)14-10(15)8-4-5-9(12)16-8/h4-5H,3H2,1-2H3,(H,13,14,15). The highest BCUT2D eigenvalue weighted by Gasteiger charge is 2.13. The molecule has 0 radical (unpaired) electrons. The van der Waals surface area contributed by atoms with Gasteiger partial charge >= 0.3 is 0 Å². The molecule has 90 valence electrons. The molecule has 0 saturated carbocycles. The highest BCUT2D eigenvalue weighted by atomic mass is 79.9. The highest BCUT2D eigenvalue weighted by Crippen LogP contribution is 2.23. The molecule has 1 N–H and O–H groups in total. The molecule has 6 heteroatoms. The third kappa shape index (κ3) is 2.76. The fourth-order valence-corrected chi connectivity index (χ4v) is 2.61. The lowest BCUT2D eigenvalue weighted by molar-refractivity contribution is 0.0995. The zero-order valence-electron chi connectivity index (χ0n) is 9.41. The van der Waals surface area contributed by atoms with Crippen LogP contribution in [-0.4, -0.2) is 10.9 Å². The number of anilines is 1. The molecule has 2 rings (SSSR count). The van der Waals surface area contributed by atoms with Crippen molar-refractivity contribution < 1.29 is 9.21 Å². The zero-order valence-corrected chi connectivity index (χ0v) is 11.8. The summed E-state index contributed by atoms with van der Waals surface area (Å²) < 4.78 is 5.70. The molecule has 0 fully saturated rings. The summed E-state index contributed by atoms with van der Waals surface area (Å²) in [4.78, 5) is 17.2. The Balaban J connectivity index is 2.12. The Hall–Kier alpha value is -1.14. The Labute approximate surface area is 111 Å². The van der Waals surface area contributed by atoms with Gasteiger partial charge in [0.15, 0.2) is 15.6 Å². The molecule has 2 heterocycles. The summed E-state index contributed by atoms with van der Waals surface area (Å²) in [6.07, 6.45) is 0.866. The average molecular weight is 315 g/mol. The molecule has 0 aliphatic carbocycles. The van der Waals surface area contributed by atoms with Gasteiger partial charge in [-0.1, -0.05) is 6.92 Å². The number of hydrogen-bond acceptors (Lipinski definition) is 4. The van der Waals surface area contributed by atoms with Crippen LogP contribution in [-0.2, 0) is 6.42 Å². The number of thiazole rings is 1. The minimum atomic E-state index is -0.285. The minimum absolute atomic E-state index is 0.266. The lowest BCUT2D eigenvalue weighted by Gasteiger charge is -1.96. The fraction of sp³-hybridized carbons (Fsp3) is 0.273. The van der Waals surface area contributed by atoms with Crippen LogP contribution in [0.4, 0.5) is 5.13 Å². The van der Waals surface area contributed by atoms with E-state index in [1.807, 2.05) is 13.8 Å². The third-order valence-corrected chi connectivity index (χ3v) is 3.60. The van der Waals surface area contributed by atoms with Gasteiger partial charge in [0.1, 0.15) is 0 Å². The SMILES string of the molecule is CCc1nc(NC(=O)c2ccc(Br)o2)sc1C. The second kappa shape index (κ2) is 5.01. The van der Waals surface area contributed by atoms with Crippen LogP contribution in [0.5, 0.6) is 0 Å². The highest BCUT2D eigenvalue weighted by molar-refractivity contribution is 9.10. The van der Waals surface area contributed by atoms with Gasteiger partial charge in [-0.3, -0.25) is 10.1 Å². The van der Waals surface area contributed by atoms with Crippen molar-refractivity contribution >= 4 is 38.3 Å². The van der Waals surface area contributed by atoms with E-state index in [0.29, 0.717) is 9.80 Å². The molecule has 0 aromatic carbocycles. The molecule has 0 aliphatic heterocycles. The number of rotatable bonds is 3. The van der Waals surface area contributed by atoms with E-state index in [2.05, 4.69) is 26.2 Å². The van der Waals surface area contributed by atoms with Crippen LogP contribution in [0.1, 0.15) is 28.0 Å². The summed E-state index contributed by atoms with van der Waals surface area (Å²) in [5.74, 6) is -0.0186. The van der Waals surface area contributed by atoms with Crippen molar-refractivity contribution in [2.24, 2.45) is 0 Å². The van der Waals surface area contributed by atoms with E-state index in [1.54, 1.807) is 12.1 Å². The average Bonchev–Trinajstić information content (AvgIpc) is 2.85.